The van der Waals surface area contributed by atoms with Gasteiger partial charge in [-0.15, -0.1) is 0 Å². The monoisotopic (exact) mass is 474 g/mol. The van der Waals surface area contributed by atoms with Crippen molar-refractivity contribution in [2.75, 3.05) is 0 Å². The van der Waals surface area contributed by atoms with E-state index >= 15 is 0 Å². The molecule has 2 aromatic carbocycles. The van der Waals surface area contributed by atoms with Crippen LogP contribution in [0.5, 0.6) is 0 Å². The molecule has 0 spiro atoms. The highest BCUT2D eigenvalue weighted by Gasteiger charge is 2.40. The molecule has 0 N–H and O–H groups in total. The molecule has 2 aromatic rings. The van der Waals surface area contributed by atoms with Gasteiger partial charge in [0.25, 0.3) is 11.8 Å². The molecule has 0 bridgehead atoms. The number of hydrogen-bond donors (Lipinski definition) is 0. The van der Waals surface area contributed by atoms with Crippen LogP contribution in [0.1, 0.15) is 74.9 Å². The van der Waals surface area contributed by atoms with Crippen molar-refractivity contribution in [1.29, 1.82) is 0 Å². The summed E-state index contributed by atoms with van der Waals surface area (Å²) in [4.78, 5) is 30.7. The predicted octanol–water partition coefficient (Wildman–Crippen LogP) is 6.61. The molecule has 6 rings (SSSR count). The summed E-state index contributed by atoms with van der Waals surface area (Å²) in [5.74, 6) is -0.326. The van der Waals surface area contributed by atoms with Crippen LogP contribution in [0.3, 0.4) is 0 Å². The van der Waals surface area contributed by atoms with Crippen molar-refractivity contribution in [3.63, 3.8) is 0 Å². The first-order chi connectivity index (χ1) is 17.0. The van der Waals surface area contributed by atoms with E-state index in [9.17, 15) is 9.59 Å². The van der Waals surface area contributed by atoms with Gasteiger partial charge in [0.15, 0.2) is 0 Å². The first kappa shape index (κ1) is 22.5. The van der Waals surface area contributed by atoms with E-state index < -0.39 is 0 Å². The van der Waals surface area contributed by atoms with Crippen LogP contribution in [0.2, 0.25) is 0 Å². The third kappa shape index (κ3) is 3.13. The Morgan fingerprint density at radius 3 is 1.33 bits per heavy atom. The van der Waals surface area contributed by atoms with Gasteiger partial charge in [-0.2, -0.15) is 0 Å². The Bertz CT molecular complexity index is 1420. The number of amides is 2. The highest BCUT2D eigenvalue weighted by Crippen LogP contribution is 2.45. The Hall–Kier alpha value is -3.92. The molecule has 180 valence electrons. The minimum Gasteiger partial charge on any atom is -0.283 e. The fourth-order valence-electron chi connectivity index (χ4n) is 5.63. The van der Waals surface area contributed by atoms with Gasteiger partial charge in [-0.3, -0.25) is 19.4 Å². The number of rotatable bonds is 0. The highest BCUT2D eigenvalue weighted by atomic mass is 16.2. The SMILES string of the molecule is CC(C)(C)c1cccc2c1C1=CC(=C3C=C4c5c(cccc5C(C)(C)C)C=CN4C3=O)C(=O)N1C=C2. The van der Waals surface area contributed by atoms with Gasteiger partial charge in [0.2, 0.25) is 0 Å². The summed E-state index contributed by atoms with van der Waals surface area (Å²) < 4.78 is 0. The third-order valence-corrected chi connectivity index (χ3v) is 7.40. The zero-order valence-corrected chi connectivity index (χ0v) is 21.6. The number of carbonyl (C=O) groups is 2. The maximum Gasteiger partial charge on any atom is 0.263 e. The van der Waals surface area contributed by atoms with Crippen LogP contribution in [0.4, 0.5) is 0 Å². The molecule has 4 aliphatic heterocycles. The zero-order valence-electron chi connectivity index (χ0n) is 21.6. The van der Waals surface area contributed by atoms with E-state index in [2.05, 4.69) is 77.9 Å². The molecule has 4 heterocycles. The standard InChI is InChI=1S/C32H30N2O2/c1-31(2,3)23-11-7-9-19-13-15-33-25(27(19)23)17-21(29(33)35)22-18-26-28-20(14-16-34(26)30(22)36)10-8-12-24(28)32(4,5)6/h7-18H,1-6H3. The minimum atomic E-state index is -0.163. The summed E-state index contributed by atoms with van der Waals surface area (Å²) in [6, 6.07) is 12.5. The van der Waals surface area contributed by atoms with Crippen molar-refractivity contribution < 1.29 is 9.59 Å². The Kier molecular flexibility index (Phi) is 4.57. The smallest absolute Gasteiger partial charge is 0.263 e. The molecule has 2 amide bonds. The lowest BCUT2D eigenvalue weighted by Crippen LogP contribution is -2.27. The molecule has 0 saturated carbocycles. The average Bonchev–Trinajstić information content (AvgIpc) is 3.33. The van der Waals surface area contributed by atoms with Crippen LogP contribution in [-0.2, 0) is 20.4 Å². The highest BCUT2D eigenvalue weighted by molar-refractivity contribution is 6.20. The van der Waals surface area contributed by atoms with Crippen LogP contribution >= 0.6 is 0 Å². The number of carbonyl (C=O) groups excluding carboxylic acids is 2. The number of benzene rings is 2. The van der Waals surface area contributed by atoms with Crippen molar-refractivity contribution in [2.24, 2.45) is 0 Å². The molecule has 4 nitrogen and oxygen atoms in total. The fourth-order valence-corrected chi connectivity index (χ4v) is 5.63. The second-order valence-electron chi connectivity index (χ2n) is 11.9. The van der Waals surface area contributed by atoms with Gasteiger partial charge in [0.05, 0.1) is 22.5 Å². The second-order valence-corrected chi connectivity index (χ2v) is 11.9. The van der Waals surface area contributed by atoms with E-state index in [1.54, 1.807) is 9.80 Å². The van der Waals surface area contributed by atoms with Gasteiger partial charge in [-0.05, 0) is 57.4 Å². The lowest BCUT2D eigenvalue weighted by molar-refractivity contribution is -0.123. The van der Waals surface area contributed by atoms with E-state index in [4.69, 9.17) is 0 Å². The van der Waals surface area contributed by atoms with Crippen molar-refractivity contribution in [1.82, 2.24) is 9.80 Å². The van der Waals surface area contributed by atoms with Gasteiger partial charge >= 0.3 is 0 Å². The molecular weight excluding hydrogens is 444 g/mol. The first-order valence-electron chi connectivity index (χ1n) is 12.5. The summed E-state index contributed by atoms with van der Waals surface area (Å²) in [5.41, 5.74) is 9.05. The number of nitrogens with zero attached hydrogens (tertiary/aromatic N) is 2. The molecule has 4 heteroatoms. The predicted molar refractivity (Wildman–Crippen MR) is 145 cm³/mol. The normalized spacial score (nSPS) is 20.3. The lowest BCUT2D eigenvalue weighted by Gasteiger charge is -2.29. The second kappa shape index (κ2) is 7.30. The van der Waals surface area contributed by atoms with Crippen LogP contribution in [0.15, 0.2) is 72.1 Å². The summed E-state index contributed by atoms with van der Waals surface area (Å²) in [6.45, 7) is 13.1. The van der Waals surface area contributed by atoms with Crippen LogP contribution in [0, 0.1) is 0 Å². The van der Waals surface area contributed by atoms with Crippen molar-refractivity contribution in [3.8, 4) is 0 Å². The van der Waals surface area contributed by atoms with E-state index in [-0.39, 0.29) is 22.6 Å². The zero-order chi connectivity index (χ0) is 25.6. The molecule has 0 atom stereocenters. The van der Waals surface area contributed by atoms with Crippen LogP contribution in [-0.4, -0.2) is 21.6 Å². The quantitative estimate of drug-likeness (QED) is 0.403. The van der Waals surface area contributed by atoms with Gasteiger partial charge in [-0.1, -0.05) is 77.9 Å². The molecule has 0 saturated heterocycles. The van der Waals surface area contributed by atoms with Crippen LogP contribution in [0.25, 0.3) is 23.5 Å². The molecule has 36 heavy (non-hydrogen) atoms. The topological polar surface area (TPSA) is 40.6 Å². The van der Waals surface area contributed by atoms with E-state index in [0.717, 1.165) is 33.6 Å². The fraction of sp³-hybridized carbons (Fsp3) is 0.250. The lowest BCUT2D eigenvalue weighted by atomic mass is 9.80. The number of fused-ring (bicyclic) bond motifs is 6. The van der Waals surface area contributed by atoms with Gasteiger partial charge in [-0.25, -0.2) is 0 Å². The summed E-state index contributed by atoms with van der Waals surface area (Å²) in [6.07, 6.45) is 11.4. The van der Waals surface area contributed by atoms with Gasteiger partial charge < -0.3 is 0 Å². The van der Waals surface area contributed by atoms with E-state index in [1.807, 2.05) is 36.7 Å². The average molecular weight is 475 g/mol. The Labute approximate surface area is 212 Å². The first-order valence-corrected chi connectivity index (χ1v) is 12.5. The number of hydrogen-bond acceptors (Lipinski definition) is 2. The Morgan fingerprint density at radius 2 is 0.972 bits per heavy atom. The minimum absolute atomic E-state index is 0.0916. The molecule has 4 aliphatic rings. The largest absolute Gasteiger partial charge is 0.283 e. The van der Waals surface area contributed by atoms with Gasteiger partial charge in [0, 0.05) is 23.5 Å². The third-order valence-electron chi connectivity index (χ3n) is 7.40. The molecular formula is C32H30N2O2. The molecule has 0 fully saturated rings. The Balaban J connectivity index is 1.56. The van der Waals surface area contributed by atoms with Crippen molar-refractivity contribution >= 4 is 35.4 Å². The van der Waals surface area contributed by atoms with Gasteiger partial charge in [0.1, 0.15) is 0 Å². The van der Waals surface area contributed by atoms with E-state index in [1.165, 1.54) is 11.1 Å². The van der Waals surface area contributed by atoms with E-state index in [0.29, 0.717) is 11.1 Å². The van der Waals surface area contributed by atoms with Crippen LogP contribution < -0.4 is 0 Å². The summed E-state index contributed by atoms with van der Waals surface area (Å²) in [5, 5.41) is 0. The summed E-state index contributed by atoms with van der Waals surface area (Å²) >= 11 is 0. The molecule has 0 aromatic heterocycles. The molecule has 0 unspecified atom stereocenters. The maximum atomic E-state index is 13.7. The maximum absolute atomic E-state index is 13.7. The summed E-state index contributed by atoms with van der Waals surface area (Å²) in [7, 11) is 0. The van der Waals surface area contributed by atoms with Crippen molar-refractivity contribution in [2.45, 2.75) is 52.4 Å². The molecule has 0 radical (unpaired) electrons. The molecule has 0 aliphatic carbocycles. The Morgan fingerprint density at radius 1 is 0.583 bits per heavy atom. The van der Waals surface area contributed by atoms with Crippen molar-refractivity contribution in [3.05, 3.63) is 105 Å².